The normalized spacial score (nSPS) is 21.3. The molecule has 2 aromatic carbocycles. The lowest BCUT2D eigenvalue weighted by atomic mass is 9.80. The number of ether oxygens (including phenoxy) is 3. The van der Waals surface area contributed by atoms with E-state index in [-0.39, 0.29) is 16.9 Å². The number of nitrogens with zero attached hydrogens (tertiary/aromatic N) is 2. The molecule has 2 unspecified atom stereocenters. The Morgan fingerprint density at radius 2 is 1.44 bits per heavy atom. The van der Waals surface area contributed by atoms with Crippen LogP contribution in [0.4, 0.5) is 9.59 Å². The van der Waals surface area contributed by atoms with E-state index in [9.17, 15) is 19.5 Å². The predicted molar refractivity (Wildman–Crippen MR) is 143 cm³/mol. The lowest BCUT2D eigenvalue weighted by Gasteiger charge is -2.43. The second-order valence-electron chi connectivity index (χ2n) is 11.9. The van der Waals surface area contributed by atoms with E-state index < -0.39 is 46.5 Å². The highest BCUT2D eigenvalue weighted by Gasteiger charge is 2.74. The Hall–Kier alpha value is -3.92. The summed E-state index contributed by atoms with van der Waals surface area (Å²) in [5.41, 5.74) is -1.65. The number of carbonyl (C=O) groups is 3. The maximum atomic E-state index is 14.3. The molecule has 0 bridgehead atoms. The summed E-state index contributed by atoms with van der Waals surface area (Å²) in [5.74, 6) is -3.31. The van der Waals surface area contributed by atoms with Gasteiger partial charge in [-0.15, -0.1) is 4.90 Å². The molecule has 0 spiro atoms. The molecule has 1 aliphatic carbocycles. The number of aryl methyl sites for hydroxylation is 2. The number of hydrogen-bond donors (Lipinski definition) is 2. The van der Waals surface area contributed by atoms with Crippen molar-refractivity contribution in [3.8, 4) is 5.75 Å². The van der Waals surface area contributed by atoms with E-state index in [1.165, 1.54) is 7.05 Å². The highest BCUT2D eigenvalue weighted by Crippen LogP contribution is 2.61. The van der Waals surface area contributed by atoms with Crippen molar-refractivity contribution in [2.75, 3.05) is 7.05 Å². The molecule has 1 heterocycles. The number of aliphatic hydroxyl groups is 1. The Morgan fingerprint density at radius 3 is 1.97 bits per heavy atom. The van der Waals surface area contributed by atoms with Crippen molar-refractivity contribution in [3.63, 3.8) is 0 Å². The SMILES string of the molecule is Cc1cc2c(cc1C)C1(N(C)C(=N)N(C(=O)OC(C)(C)C)C(=O)OC(C)(C)C)C(=O)c3ccccc3C1(O)O2. The average molecular weight is 538 g/mol. The zero-order valence-corrected chi connectivity index (χ0v) is 23.8. The van der Waals surface area contributed by atoms with Crippen LogP contribution in [0.2, 0.25) is 0 Å². The van der Waals surface area contributed by atoms with Crippen molar-refractivity contribution < 1.29 is 33.7 Å². The summed E-state index contributed by atoms with van der Waals surface area (Å²) in [6, 6.07) is 9.92. The Kier molecular flexibility index (Phi) is 6.34. The van der Waals surface area contributed by atoms with Crippen LogP contribution >= 0.6 is 0 Å². The second kappa shape index (κ2) is 8.81. The van der Waals surface area contributed by atoms with Gasteiger partial charge in [0.2, 0.25) is 17.3 Å². The third-order valence-electron chi connectivity index (χ3n) is 6.78. The summed E-state index contributed by atoms with van der Waals surface area (Å²) in [6.07, 6.45) is -2.34. The van der Waals surface area contributed by atoms with Crippen LogP contribution in [-0.2, 0) is 20.8 Å². The molecule has 2 amide bonds. The molecule has 10 nitrogen and oxygen atoms in total. The van der Waals surface area contributed by atoms with Gasteiger partial charge in [0.15, 0.2) is 0 Å². The molecule has 2 aliphatic rings. The van der Waals surface area contributed by atoms with Crippen LogP contribution in [0.5, 0.6) is 5.75 Å². The van der Waals surface area contributed by atoms with Gasteiger partial charge in [-0.1, -0.05) is 24.3 Å². The van der Waals surface area contributed by atoms with E-state index in [1.54, 1.807) is 77.9 Å². The van der Waals surface area contributed by atoms with Gasteiger partial charge in [-0.3, -0.25) is 10.2 Å². The highest BCUT2D eigenvalue weighted by molar-refractivity contribution is 6.14. The number of fused-ring (bicyclic) bond motifs is 5. The van der Waals surface area contributed by atoms with Gasteiger partial charge in [0.1, 0.15) is 17.0 Å². The third-order valence-corrected chi connectivity index (χ3v) is 6.78. The molecular formula is C29H35N3O7. The van der Waals surface area contributed by atoms with E-state index in [0.29, 0.717) is 10.5 Å². The van der Waals surface area contributed by atoms with Crippen molar-refractivity contribution in [1.82, 2.24) is 9.80 Å². The maximum Gasteiger partial charge on any atom is 0.427 e. The van der Waals surface area contributed by atoms with Gasteiger partial charge >= 0.3 is 12.2 Å². The molecule has 1 aliphatic heterocycles. The van der Waals surface area contributed by atoms with Crippen LogP contribution < -0.4 is 4.74 Å². The molecule has 2 aromatic rings. The molecule has 0 fully saturated rings. The van der Waals surface area contributed by atoms with E-state index in [0.717, 1.165) is 16.0 Å². The first kappa shape index (κ1) is 28.1. The van der Waals surface area contributed by atoms with Crippen molar-refractivity contribution in [1.29, 1.82) is 5.41 Å². The van der Waals surface area contributed by atoms with Crippen LogP contribution in [0.3, 0.4) is 0 Å². The van der Waals surface area contributed by atoms with Gasteiger partial charge < -0.3 is 24.2 Å². The van der Waals surface area contributed by atoms with Gasteiger partial charge in [-0.2, -0.15) is 0 Å². The number of likely N-dealkylation sites (N-methyl/N-ethyl adjacent to an activating group) is 1. The number of imide groups is 1. The maximum absolute atomic E-state index is 14.3. The summed E-state index contributed by atoms with van der Waals surface area (Å²) in [7, 11) is 1.35. The summed E-state index contributed by atoms with van der Waals surface area (Å²) in [6.45, 7) is 13.4. The zero-order chi connectivity index (χ0) is 29.3. The molecule has 0 saturated heterocycles. The van der Waals surface area contributed by atoms with Gasteiger partial charge in [0.05, 0.1) is 0 Å². The Labute approximate surface area is 228 Å². The highest BCUT2D eigenvalue weighted by atomic mass is 16.6. The molecule has 2 N–H and O–H groups in total. The Balaban J connectivity index is 1.93. The molecule has 0 aromatic heterocycles. The molecule has 39 heavy (non-hydrogen) atoms. The average Bonchev–Trinajstić information content (AvgIpc) is 3.15. The minimum atomic E-state index is -2.27. The van der Waals surface area contributed by atoms with Gasteiger partial charge in [0, 0.05) is 23.7 Å². The number of hydrogen-bond acceptors (Lipinski definition) is 8. The molecule has 0 saturated carbocycles. The monoisotopic (exact) mass is 537 g/mol. The number of guanidine groups is 1. The minimum absolute atomic E-state index is 0.199. The number of benzene rings is 2. The second-order valence-corrected chi connectivity index (χ2v) is 11.9. The number of carbonyl (C=O) groups excluding carboxylic acids is 3. The first-order valence-corrected chi connectivity index (χ1v) is 12.6. The molecule has 4 rings (SSSR count). The van der Waals surface area contributed by atoms with Crippen molar-refractivity contribution in [3.05, 3.63) is 64.2 Å². The van der Waals surface area contributed by atoms with Gasteiger partial charge in [-0.25, -0.2) is 9.59 Å². The van der Waals surface area contributed by atoms with Gasteiger partial charge in [0.25, 0.3) is 5.79 Å². The predicted octanol–water partition coefficient (Wildman–Crippen LogP) is 4.97. The van der Waals surface area contributed by atoms with Crippen LogP contribution in [0, 0.1) is 19.3 Å². The topological polar surface area (TPSA) is 129 Å². The number of amides is 2. The minimum Gasteiger partial charge on any atom is -0.454 e. The van der Waals surface area contributed by atoms with E-state index in [4.69, 9.17) is 19.6 Å². The van der Waals surface area contributed by atoms with Crippen LogP contribution in [0.15, 0.2) is 36.4 Å². The summed E-state index contributed by atoms with van der Waals surface area (Å²) in [4.78, 5) is 42.4. The van der Waals surface area contributed by atoms with Gasteiger partial charge in [-0.05, 0) is 78.6 Å². The standard InChI is InChI=1S/C29H35N3O7/c1-16-14-20-21(15-17(16)2)37-29(36)19-13-11-10-12-18(19)22(33)28(20,29)31(9)23(30)32(24(34)38-26(3,4)5)25(35)39-27(6,7)8/h10-15,30,36H,1-9H3. The number of Topliss-reactive ketones (excluding diaryl/α,β-unsaturated/α-hetero) is 1. The smallest absolute Gasteiger partial charge is 0.427 e. The number of rotatable bonds is 1. The fourth-order valence-electron chi connectivity index (χ4n) is 5.00. The molecule has 2 atom stereocenters. The Bertz CT molecular complexity index is 1380. The van der Waals surface area contributed by atoms with Crippen LogP contribution in [0.25, 0.3) is 0 Å². The first-order valence-electron chi connectivity index (χ1n) is 12.6. The van der Waals surface area contributed by atoms with E-state index in [1.807, 2.05) is 13.8 Å². The molecular weight excluding hydrogens is 502 g/mol. The first-order chi connectivity index (χ1) is 17.8. The van der Waals surface area contributed by atoms with Crippen LogP contribution in [0.1, 0.15) is 74.2 Å². The molecule has 10 heteroatoms. The summed E-state index contributed by atoms with van der Waals surface area (Å²) >= 11 is 0. The summed E-state index contributed by atoms with van der Waals surface area (Å²) in [5, 5.41) is 21.3. The summed E-state index contributed by atoms with van der Waals surface area (Å²) < 4.78 is 17.0. The fraction of sp³-hybridized carbons (Fsp3) is 0.448. The largest absolute Gasteiger partial charge is 0.454 e. The van der Waals surface area contributed by atoms with E-state index in [2.05, 4.69) is 0 Å². The third kappa shape index (κ3) is 4.23. The quantitative estimate of drug-likeness (QED) is 0.385. The molecule has 208 valence electrons. The van der Waals surface area contributed by atoms with E-state index >= 15 is 0 Å². The zero-order valence-electron chi connectivity index (χ0n) is 23.8. The fourth-order valence-corrected chi connectivity index (χ4v) is 5.00. The number of ketones is 1. The number of nitrogens with one attached hydrogen (secondary N) is 1. The molecule has 0 radical (unpaired) electrons. The lowest BCUT2D eigenvalue weighted by molar-refractivity contribution is -0.189. The van der Waals surface area contributed by atoms with Crippen LogP contribution in [-0.4, -0.2) is 57.1 Å². The lowest BCUT2D eigenvalue weighted by Crippen LogP contribution is -2.64. The van der Waals surface area contributed by atoms with Crippen molar-refractivity contribution in [2.45, 2.75) is 77.9 Å². The Morgan fingerprint density at radius 1 is 0.923 bits per heavy atom. The van der Waals surface area contributed by atoms with Crippen molar-refractivity contribution >= 4 is 23.9 Å². The van der Waals surface area contributed by atoms with Crippen molar-refractivity contribution in [2.24, 2.45) is 0 Å².